The molecule has 0 spiro atoms. The van der Waals surface area contributed by atoms with Gasteiger partial charge in [0.1, 0.15) is 5.65 Å². The first-order chi connectivity index (χ1) is 11.2. The van der Waals surface area contributed by atoms with Gasteiger partial charge in [0.2, 0.25) is 0 Å². The third kappa shape index (κ3) is 5.58. The Morgan fingerprint density at radius 2 is 2.22 bits per heavy atom. The molecule has 0 aliphatic rings. The number of hydrogen-bond donors (Lipinski definition) is 2. The van der Waals surface area contributed by atoms with E-state index < -0.39 is 0 Å². The number of fused-ring (bicyclic) bond motifs is 1. The summed E-state index contributed by atoms with van der Waals surface area (Å²) in [5.41, 5.74) is 2.09. The Kier molecular flexibility index (Phi) is 6.91. The summed E-state index contributed by atoms with van der Waals surface area (Å²) in [6.07, 6.45) is 10.00. The Labute approximate surface area is 139 Å². The summed E-state index contributed by atoms with van der Waals surface area (Å²) in [5.74, 6) is 0.873. The van der Waals surface area contributed by atoms with Crippen LogP contribution in [-0.2, 0) is 6.42 Å². The van der Waals surface area contributed by atoms with Crippen LogP contribution in [0.1, 0.15) is 45.2 Å². The molecule has 0 aromatic carbocycles. The number of guanidine groups is 1. The number of rotatable bonds is 8. The minimum absolute atomic E-state index is 0.447. The van der Waals surface area contributed by atoms with E-state index in [4.69, 9.17) is 0 Å². The molecule has 0 saturated heterocycles. The van der Waals surface area contributed by atoms with Gasteiger partial charge in [-0.25, -0.2) is 4.98 Å². The van der Waals surface area contributed by atoms with Crippen LogP contribution in [0.4, 0.5) is 0 Å². The van der Waals surface area contributed by atoms with Gasteiger partial charge in [0, 0.05) is 38.4 Å². The van der Waals surface area contributed by atoms with E-state index in [-0.39, 0.29) is 0 Å². The second-order valence-electron chi connectivity index (χ2n) is 5.99. The van der Waals surface area contributed by atoms with E-state index in [1.54, 1.807) is 0 Å². The molecule has 0 amide bonds. The third-order valence-corrected chi connectivity index (χ3v) is 3.93. The molecule has 0 aliphatic heterocycles. The molecule has 2 aromatic rings. The quantitative estimate of drug-likeness (QED) is 0.447. The topological polar surface area (TPSA) is 53.7 Å². The van der Waals surface area contributed by atoms with Gasteiger partial charge >= 0.3 is 0 Å². The van der Waals surface area contributed by atoms with Crippen molar-refractivity contribution < 1.29 is 0 Å². The lowest BCUT2D eigenvalue weighted by molar-refractivity contribution is 0.547. The van der Waals surface area contributed by atoms with Crippen molar-refractivity contribution in [1.82, 2.24) is 20.0 Å². The molecule has 0 saturated carbocycles. The van der Waals surface area contributed by atoms with Crippen LogP contribution in [0.5, 0.6) is 0 Å². The molecule has 5 nitrogen and oxygen atoms in total. The summed E-state index contributed by atoms with van der Waals surface area (Å²) in [7, 11) is 1.82. The normalized spacial score (nSPS) is 13.3. The molecular weight excluding hydrogens is 286 g/mol. The minimum Gasteiger partial charge on any atom is -0.356 e. The summed E-state index contributed by atoms with van der Waals surface area (Å²) in [6.45, 7) is 5.27. The summed E-state index contributed by atoms with van der Waals surface area (Å²) in [5, 5.41) is 6.82. The molecule has 2 heterocycles. The van der Waals surface area contributed by atoms with Gasteiger partial charge in [0.15, 0.2) is 5.96 Å². The average molecular weight is 315 g/mol. The molecule has 2 aromatic heterocycles. The molecule has 23 heavy (non-hydrogen) atoms. The van der Waals surface area contributed by atoms with E-state index in [1.807, 2.05) is 31.4 Å². The van der Waals surface area contributed by atoms with Crippen molar-refractivity contribution in [2.45, 2.75) is 52.0 Å². The highest BCUT2D eigenvalue weighted by Crippen LogP contribution is 2.05. The van der Waals surface area contributed by atoms with Crippen molar-refractivity contribution in [2.75, 3.05) is 13.6 Å². The largest absolute Gasteiger partial charge is 0.356 e. The maximum absolute atomic E-state index is 4.61. The van der Waals surface area contributed by atoms with E-state index >= 15 is 0 Å². The highest BCUT2D eigenvalue weighted by atomic mass is 15.2. The van der Waals surface area contributed by atoms with Gasteiger partial charge in [0.25, 0.3) is 0 Å². The van der Waals surface area contributed by atoms with Crippen LogP contribution in [-0.4, -0.2) is 35.0 Å². The molecular formula is C18H29N5. The molecule has 1 unspecified atom stereocenters. The van der Waals surface area contributed by atoms with Gasteiger partial charge in [0.05, 0.1) is 5.69 Å². The van der Waals surface area contributed by atoms with Crippen LogP contribution >= 0.6 is 0 Å². The first-order valence-corrected chi connectivity index (χ1v) is 8.62. The van der Waals surface area contributed by atoms with Crippen LogP contribution in [0.15, 0.2) is 35.6 Å². The lowest BCUT2D eigenvalue weighted by atomic mass is 10.1. The number of nitrogens with zero attached hydrogens (tertiary/aromatic N) is 3. The van der Waals surface area contributed by atoms with Gasteiger partial charge in [-0.05, 0) is 25.5 Å². The van der Waals surface area contributed by atoms with Crippen molar-refractivity contribution in [3.8, 4) is 0 Å². The Hall–Kier alpha value is -2.04. The zero-order chi connectivity index (χ0) is 16.5. The van der Waals surface area contributed by atoms with Crippen LogP contribution in [0, 0.1) is 0 Å². The third-order valence-electron chi connectivity index (χ3n) is 3.93. The van der Waals surface area contributed by atoms with E-state index in [0.29, 0.717) is 6.04 Å². The van der Waals surface area contributed by atoms with Gasteiger partial charge < -0.3 is 15.0 Å². The first kappa shape index (κ1) is 17.3. The highest BCUT2D eigenvalue weighted by Gasteiger charge is 2.05. The summed E-state index contributed by atoms with van der Waals surface area (Å²) < 4.78 is 2.05. The Morgan fingerprint density at radius 3 is 2.96 bits per heavy atom. The summed E-state index contributed by atoms with van der Waals surface area (Å²) >= 11 is 0. The maximum atomic E-state index is 4.61. The standard InChI is InChI=1S/C18H29N5/c1-4-5-6-9-15(2)21-18(19-3)20-12-11-16-14-23-13-8-7-10-17(23)22-16/h7-8,10,13-15H,4-6,9,11-12H2,1-3H3,(H2,19,20,21). The maximum Gasteiger partial charge on any atom is 0.191 e. The average Bonchev–Trinajstić information content (AvgIpc) is 2.96. The summed E-state index contributed by atoms with van der Waals surface area (Å²) in [4.78, 5) is 8.91. The molecule has 0 aliphatic carbocycles. The van der Waals surface area contributed by atoms with Crippen molar-refractivity contribution in [2.24, 2.45) is 4.99 Å². The Bertz CT molecular complexity index is 584. The predicted molar refractivity (Wildman–Crippen MR) is 97.0 cm³/mol. The number of hydrogen-bond acceptors (Lipinski definition) is 2. The fourth-order valence-corrected chi connectivity index (χ4v) is 2.62. The van der Waals surface area contributed by atoms with Crippen molar-refractivity contribution >= 4 is 11.6 Å². The Balaban J connectivity index is 1.75. The van der Waals surface area contributed by atoms with E-state index in [2.05, 4.69) is 45.1 Å². The minimum atomic E-state index is 0.447. The molecule has 0 fully saturated rings. The molecule has 0 bridgehead atoms. The van der Waals surface area contributed by atoms with Crippen LogP contribution < -0.4 is 10.6 Å². The number of imidazole rings is 1. The summed E-state index contributed by atoms with van der Waals surface area (Å²) in [6, 6.07) is 6.50. The predicted octanol–water partition coefficient (Wildman–Crippen LogP) is 3.01. The van der Waals surface area contributed by atoms with Crippen LogP contribution in [0.3, 0.4) is 0 Å². The number of unbranched alkanes of at least 4 members (excludes halogenated alkanes) is 2. The van der Waals surface area contributed by atoms with E-state index in [1.165, 1.54) is 25.7 Å². The van der Waals surface area contributed by atoms with Gasteiger partial charge in [-0.3, -0.25) is 4.99 Å². The van der Waals surface area contributed by atoms with Gasteiger partial charge in [-0.15, -0.1) is 0 Å². The van der Waals surface area contributed by atoms with Crippen molar-refractivity contribution in [3.63, 3.8) is 0 Å². The zero-order valence-electron chi connectivity index (χ0n) is 14.5. The van der Waals surface area contributed by atoms with Gasteiger partial charge in [-0.2, -0.15) is 0 Å². The van der Waals surface area contributed by atoms with Crippen LogP contribution in [0.25, 0.3) is 5.65 Å². The highest BCUT2D eigenvalue weighted by molar-refractivity contribution is 5.79. The first-order valence-electron chi connectivity index (χ1n) is 8.62. The molecule has 1 atom stereocenters. The number of aliphatic imine (C=N–C) groups is 1. The zero-order valence-corrected chi connectivity index (χ0v) is 14.5. The monoisotopic (exact) mass is 315 g/mol. The second kappa shape index (κ2) is 9.18. The molecule has 2 rings (SSSR count). The lowest BCUT2D eigenvalue weighted by Gasteiger charge is -2.17. The van der Waals surface area contributed by atoms with Crippen LogP contribution in [0.2, 0.25) is 0 Å². The lowest BCUT2D eigenvalue weighted by Crippen LogP contribution is -2.42. The molecule has 0 radical (unpaired) electrons. The van der Waals surface area contributed by atoms with Crippen molar-refractivity contribution in [1.29, 1.82) is 0 Å². The Morgan fingerprint density at radius 1 is 1.35 bits per heavy atom. The molecule has 5 heteroatoms. The van der Waals surface area contributed by atoms with Crippen molar-refractivity contribution in [3.05, 3.63) is 36.3 Å². The smallest absolute Gasteiger partial charge is 0.191 e. The number of aromatic nitrogens is 2. The second-order valence-corrected chi connectivity index (χ2v) is 5.99. The van der Waals surface area contributed by atoms with Gasteiger partial charge in [-0.1, -0.05) is 32.3 Å². The molecule has 126 valence electrons. The van der Waals surface area contributed by atoms with E-state index in [0.717, 1.165) is 30.3 Å². The van der Waals surface area contributed by atoms with E-state index in [9.17, 15) is 0 Å². The fraction of sp³-hybridized carbons (Fsp3) is 0.556. The SMILES string of the molecule is CCCCCC(C)NC(=NC)NCCc1cn2ccccc2n1. The number of pyridine rings is 1. The molecule has 2 N–H and O–H groups in total. The number of nitrogens with one attached hydrogen (secondary N) is 2. The fourth-order valence-electron chi connectivity index (χ4n) is 2.62.